The van der Waals surface area contributed by atoms with Gasteiger partial charge in [-0.3, -0.25) is 4.99 Å². The van der Waals surface area contributed by atoms with Crippen LogP contribution in [0.1, 0.15) is 37.8 Å². The van der Waals surface area contributed by atoms with E-state index in [0.717, 1.165) is 32.4 Å². The lowest BCUT2D eigenvalue weighted by atomic mass is 9.87. The van der Waals surface area contributed by atoms with Gasteiger partial charge in [0, 0.05) is 13.1 Å². The van der Waals surface area contributed by atoms with E-state index in [-0.39, 0.29) is 5.41 Å². The number of hydrogen-bond donors (Lipinski definition) is 2. The van der Waals surface area contributed by atoms with Crippen LogP contribution in [0.5, 0.6) is 0 Å². The van der Waals surface area contributed by atoms with Crippen molar-refractivity contribution in [2.45, 2.75) is 39.5 Å². The smallest absolute Gasteiger partial charge is 0.188 e. The highest BCUT2D eigenvalue weighted by atomic mass is 15.1. The van der Waals surface area contributed by atoms with Gasteiger partial charge >= 0.3 is 0 Å². The second-order valence-electron chi connectivity index (χ2n) is 5.91. The van der Waals surface area contributed by atoms with Crippen molar-refractivity contribution in [1.29, 1.82) is 0 Å². The van der Waals surface area contributed by atoms with E-state index in [1.165, 1.54) is 17.5 Å². The number of nitrogens with one attached hydrogen (secondary N) is 1. The average molecular weight is 259 g/mol. The van der Waals surface area contributed by atoms with Crippen LogP contribution in [0.4, 0.5) is 0 Å². The molecule has 1 aliphatic rings. The highest BCUT2D eigenvalue weighted by Gasteiger charge is 2.32. The second kappa shape index (κ2) is 6.09. The first kappa shape index (κ1) is 13.9. The maximum atomic E-state index is 5.90. The topological polar surface area (TPSA) is 50.4 Å². The molecule has 0 atom stereocenters. The van der Waals surface area contributed by atoms with Gasteiger partial charge in [-0.2, -0.15) is 0 Å². The van der Waals surface area contributed by atoms with Crippen LogP contribution < -0.4 is 11.1 Å². The molecule has 2 rings (SSSR count). The minimum absolute atomic E-state index is 0.223. The zero-order valence-electron chi connectivity index (χ0n) is 12.1. The average Bonchev–Trinajstić information content (AvgIpc) is 2.73. The van der Waals surface area contributed by atoms with Gasteiger partial charge in [0.2, 0.25) is 0 Å². The van der Waals surface area contributed by atoms with Gasteiger partial charge in [0.15, 0.2) is 5.96 Å². The predicted octanol–water partition coefficient (Wildman–Crippen LogP) is 2.50. The minimum Gasteiger partial charge on any atom is -0.370 e. The molecule has 0 unspecified atom stereocenters. The fourth-order valence-electron chi connectivity index (χ4n) is 2.72. The molecule has 1 aromatic rings. The van der Waals surface area contributed by atoms with E-state index < -0.39 is 0 Å². The minimum atomic E-state index is 0.223. The molecular formula is C16H25N3. The van der Waals surface area contributed by atoms with Gasteiger partial charge in [-0.1, -0.05) is 44.5 Å². The number of unbranched alkanes of at least 4 members (excludes halogenated alkanes) is 1. The molecule has 0 heterocycles. The third kappa shape index (κ3) is 3.72. The van der Waals surface area contributed by atoms with E-state index in [1.807, 2.05) is 0 Å². The maximum absolute atomic E-state index is 5.90. The summed E-state index contributed by atoms with van der Waals surface area (Å²) in [5.41, 5.74) is 9.06. The summed E-state index contributed by atoms with van der Waals surface area (Å²) in [7, 11) is 0. The maximum Gasteiger partial charge on any atom is 0.188 e. The Morgan fingerprint density at radius 2 is 1.95 bits per heavy atom. The number of fused-ring (bicyclic) bond motifs is 1. The molecule has 1 aliphatic carbocycles. The van der Waals surface area contributed by atoms with Crippen LogP contribution in [-0.2, 0) is 12.8 Å². The molecule has 3 nitrogen and oxygen atoms in total. The Bertz CT molecular complexity index is 426. The van der Waals surface area contributed by atoms with Gasteiger partial charge in [-0.25, -0.2) is 0 Å². The summed E-state index contributed by atoms with van der Waals surface area (Å²) < 4.78 is 0. The Morgan fingerprint density at radius 1 is 1.32 bits per heavy atom. The number of nitrogens with two attached hydrogens (primary N) is 1. The summed E-state index contributed by atoms with van der Waals surface area (Å²) >= 11 is 0. The van der Waals surface area contributed by atoms with Crippen molar-refractivity contribution < 1.29 is 0 Å². The molecule has 0 amide bonds. The predicted molar refractivity (Wildman–Crippen MR) is 81.4 cm³/mol. The molecule has 0 radical (unpaired) electrons. The van der Waals surface area contributed by atoms with Gasteiger partial charge in [-0.15, -0.1) is 0 Å². The van der Waals surface area contributed by atoms with E-state index in [1.54, 1.807) is 0 Å². The Kier molecular flexibility index (Phi) is 4.46. The van der Waals surface area contributed by atoms with Crippen LogP contribution in [0, 0.1) is 5.41 Å². The zero-order chi connectivity index (χ0) is 13.7. The zero-order valence-corrected chi connectivity index (χ0v) is 12.1. The number of guanidine groups is 1. The third-order valence-electron chi connectivity index (χ3n) is 3.82. The van der Waals surface area contributed by atoms with E-state index in [2.05, 4.69) is 48.4 Å². The van der Waals surface area contributed by atoms with Crippen molar-refractivity contribution >= 4 is 5.96 Å². The summed E-state index contributed by atoms with van der Waals surface area (Å²) in [6, 6.07) is 8.70. The summed E-state index contributed by atoms with van der Waals surface area (Å²) in [4.78, 5) is 4.52. The second-order valence-corrected chi connectivity index (χ2v) is 5.91. The van der Waals surface area contributed by atoms with Crippen LogP contribution in [-0.4, -0.2) is 19.0 Å². The monoisotopic (exact) mass is 259 g/mol. The summed E-state index contributed by atoms with van der Waals surface area (Å²) in [5.74, 6) is 0.589. The first-order valence-electron chi connectivity index (χ1n) is 7.23. The van der Waals surface area contributed by atoms with Gasteiger partial charge < -0.3 is 11.1 Å². The largest absolute Gasteiger partial charge is 0.370 e. The lowest BCUT2D eigenvalue weighted by Crippen LogP contribution is -2.34. The molecule has 3 N–H and O–H groups in total. The number of benzene rings is 1. The van der Waals surface area contributed by atoms with E-state index in [0.29, 0.717) is 5.96 Å². The summed E-state index contributed by atoms with van der Waals surface area (Å²) in [5, 5.41) is 3.17. The van der Waals surface area contributed by atoms with Crippen molar-refractivity contribution in [1.82, 2.24) is 5.32 Å². The fourth-order valence-corrected chi connectivity index (χ4v) is 2.72. The third-order valence-corrected chi connectivity index (χ3v) is 3.82. The molecule has 0 saturated carbocycles. The van der Waals surface area contributed by atoms with Crippen LogP contribution >= 0.6 is 0 Å². The van der Waals surface area contributed by atoms with Gasteiger partial charge in [-0.05, 0) is 35.8 Å². The molecular weight excluding hydrogens is 234 g/mol. The SMILES string of the molecule is CCCCNC(N)=NCC1(C)Cc2ccccc2C1. The molecule has 1 aromatic carbocycles. The molecule has 0 saturated heterocycles. The quantitative estimate of drug-likeness (QED) is 0.485. The van der Waals surface area contributed by atoms with Gasteiger partial charge in [0.1, 0.15) is 0 Å². The van der Waals surface area contributed by atoms with Crippen molar-refractivity contribution in [2.75, 3.05) is 13.1 Å². The number of nitrogens with zero attached hydrogens (tertiary/aromatic N) is 1. The fraction of sp³-hybridized carbons (Fsp3) is 0.562. The van der Waals surface area contributed by atoms with Gasteiger partial charge in [0.25, 0.3) is 0 Å². The van der Waals surface area contributed by atoms with Crippen LogP contribution in [0.25, 0.3) is 0 Å². The molecule has 0 bridgehead atoms. The number of hydrogen-bond acceptors (Lipinski definition) is 1. The van der Waals surface area contributed by atoms with E-state index in [9.17, 15) is 0 Å². The standard InChI is InChI=1S/C16H25N3/c1-3-4-9-18-15(17)19-12-16(2)10-13-7-5-6-8-14(13)11-16/h5-8H,3-4,9-12H2,1-2H3,(H3,17,18,19). The first-order chi connectivity index (χ1) is 9.13. The molecule has 0 fully saturated rings. The van der Waals surface area contributed by atoms with E-state index in [4.69, 9.17) is 5.73 Å². The molecule has 3 heteroatoms. The Balaban J connectivity index is 1.88. The van der Waals surface area contributed by atoms with Crippen LogP contribution in [0.2, 0.25) is 0 Å². The van der Waals surface area contributed by atoms with Crippen LogP contribution in [0.3, 0.4) is 0 Å². The Morgan fingerprint density at radius 3 is 2.53 bits per heavy atom. The van der Waals surface area contributed by atoms with Crippen LogP contribution in [0.15, 0.2) is 29.3 Å². The summed E-state index contributed by atoms with van der Waals surface area (Å²) in [6.07, 6.45) is 4.52. The molecule has 0 aromatic heterocycles. The van der Waals surface area contributed by atoms with Crippen molar-refractivity contribution in [3.63, 3.8) is 0 Å². The Hall–Kier alpha value is -1.51. The Labute approximate surface area is 116 Å². The van der Waals surface area contributed by atoms with Crippen molar-refractivity contribution in [3.05, 3.63) is 35.4 Å². The first-order valence-corrected chi connectivity index (χ1v) is 7.23. The molecule has 0 aliphatic heterocycles. The molecule has 0 spiro atoms. The normalized spacial score (nSPS) is 17.3. The van der Waals surface area contributed by atoms with Crippen molar-refractivity contribution in [3.8, 4) is 0 Å². The lowest BCUT2D eigenvalue weighted by molar-refractivity contribution is 0.360. The molecule has 104 valence electrons. The summed E-state index contributed by atoms with van der Waals surface area (Å²) in [6.45, 7) is 6.19. The highest BCUT2D eigenvalue weighted by molar-refractivity contribution is 5.77. The molecule has 19 heavy (non-hydrogen) atoms. The number of rotatable bonds is 5. The highest BCUT2D eigenvalue weighted by Crippen LogP contribution is 2.36. The van der Waals surface area contributed by atoms with Gasteiger partial charge in [0.05, 0.1) is 0 Å². The van der Waals surface area contributed by atoms with E-state index >= 15 is 0 Å². The number of aliphatic imine (C=N–C) groups is 1. The lowest BCUT2D eigenvalue weighted by Gasteiger charge is -2.21. The van der Waals surface area contributed by atoms with Crippen molar-refractivity contribution in [2.24, 2.45) is 16.1 Å².